The van der Waals surface area contributed by atoms with Crippen molar-refractivity contribution in [3.8, 4) is 11.4 Å². The Morgan fingerprint density at radius 3 is 2.67 bits per heavy atom. The molecule has 0 bridgehead atoms. The highest BCUT2D eigenvalue weighted by Crippen LogP contribution is 2.24. The molecule has 0 atom stereocenters. The first-order valence-electron chi connectivity index (χ1n) is 8.30. The van der Waals surface area contributed by atoms with Gasteiger partial charge in [-0.3, -0.25) is 9.79 Å². The first kappa shape index (κ1) is 23.5. The summed E-state index contributed by atoms with van der Waals surface area (Å²) in [7, 11) is -3.48. The van der Waals surface area contributed by atoms with Gasteiger partial charge in [0.1, 0.15) is 12.2 Å². The monoisotopic (exact) mass is 462 g/mol. The largest absolute Gasteiger partial charge is 0.465 e. The zero-order valence-electron chi connectivity index (χ0n) is 15.8. The van der Waals surface area contributed by atoms with Crippen LogP contribution in [0.1, 0.15) is 11.9 Å². The topological polar surface area (TPSA) is 125 Å². The smallest absolute Gasteiger partial charge is 0.430 e. The number of nitrogens with zero attached hydrogens (tertiary/aromatic N) is 3. The number of rotatable bonds is 7. The van der Waals surface area contributed by atoms with Gasteiger partial charge in [-0.1, -0.05) is 12.1 Å². The Morgan fingerprint density at radius 2 is 2.07 bits per heavy atom. The number of aliphatic imine (C=N–C) groups is 1. The standard InChI is InChI=1S/C17H17F3N4O4S2/c1-3-28-14(25)9-22-12(8-13(21)17(18,19)20)16-23-15(24-29-16)10-5-4-6-11(7-10)30(2,26)27/h4-8H,3,9,21H2,1-2H3/b13-8-,22-12?. The zero-order valence-corrected chi connectivity index (χ0v) is 17.4. The average molecular weight is 462 g/mol. The summed E-state index contributed by atoms with van der Waals surface area (Å²) in [6.45, 7) is 1.12. The van der Waals surface area contributed by atoms with Gasteiger partial charge in [-0.15, -0.1) is 0 Å². The summed E-state index contributed by atoms with van der Waals surface area (Å²) < 4.78 is 70.7. The Morgan fingerprint density at radius 1 is 1.37 bits per heavy atom. The number of benzene rings is 1. The summed E-state index contributed by atoms with van der Waals surface area (Å²) in [4.78, 5) is 19.5. The highest BCUT2D eigenvalue weighted by atomic mass is 32.2. The zero-order chi connectivity index (χ0) is 22.5. The third kappa shape index (κ3) is 6.35. The van der Waals surface area contributed by atoms with Crippen LogP contribution in [0.3, 0.4) is 0 Å². The van der Waals surface area contributed by atoms with Crippen LogP contribution in [0.4, 0.5) is 13.2 Å². The molecule has 1 heterocycles. The molecule has 0 aliphatic carbocycles. The second-order valence-electron chi connectivity index (χ2n) is 5.83. The highest BCUT2D eigenvalue weighted by Gasteiger charge is 2.32. The summed E-state index contributed by atoms with van der Waals surface area (Å²) in [5, 5.41) is -0.0359. The molecular formula is C17H17F3N4O4S2. The minimum absolute atomic E-state index is 0.0359. The molecule has 2 aromatic rings. The molecule has 0 radical (unpaired) electrons. The van der Waals surface area contributed by atoms with Crippen LogP contribution in [0.5, 0.6) is 0 Å². The van der Waals surface area contributed by atoms with Gasteiger partial charge >= 0.3 is 12.1 Å². The first-order chi connectivity index (χ1) is 13.9. The van der Waals surface area contributed by atoms with Gasteiger partial charge in [0.05, 0.1) is 17.2 Å². The van der Waals surface area contributed by atoms with Gasteiger partial charge in [-0.05, 0) is 36.7 Å². The number of sulfone groups is 1. The second-order valence-corrected chi connectivity index (χ2v) is 8.59. The Bertz CT molecular complexity index is 1090. The predicted octanol–water partition coefficient (Wildman–Crippen LogP) is 2.37. The van der Waals surface area contributed by atoms with E-state index in [4.69, 9.17) is 10.5 Å². The number of hydrogen-bond acceptors (Lipinski definition) is 9. The maximum Gasteiger partial charge on any atom is 0.430 e. The number of halogens is 3. The molecule has 2 rings (SSSR count). The second kappa shape index (κ2) is 9.34. The quantitative estimate of drug-likeness (QED) is 0.495. The van der Waals surface area contributed by atoms with E-state index < -0.39 is 34.2 Å². The van der Waals surface area contributed by atoms with E-state index in [2.05, 4.69) is 14.3 Å². The molecule has 0 aliphatic heterocycles. The third-order valence-corrected chi connectivity index (χ3v) is 5.32. The van der Waals surface area contributed by atoms with Crippen molar-refractivity contribution in [2.45, 2.75) is 18.0 Å². The van der Waals surface area contributed by atoms with Crippen molar-refractivity contribution < 1.29 is 31.1 Å². The summed E-state index contributed by atoms with van der Waals surface area (Å²) in [5.74, 6) is -0.650. The van der Waals surface area contributed by atoms with E-state index in [9.17, 15) is 26.4 Å². The summed E-state index contributed by atoms with van der Waals surface area (Å²) in [5.41, 5.74) is 3.68. The molecule has 0 saturated heterocycles. The van der Waals surface area contributed by atoms with Gasteiger partial charge < -0.3 is 10.5 Å². The summed E-state index contributed by atoms with van der Waals surface area (Å²) >= 11 is 0.723. The molecule has 1 aromatic heterocycles. The van der Waals surface area contributed by atoms with Gasteiger partial charge in [-0.25, -0.2) is 13.4 Å². The molecule has 0 fully saturated rings. The molecule has 162 valence electrons. The Hall–Kier alpha value is -2.80. The van der Waals surface area contributed by atoms with Crippen LogP contribution in [0.25, 0.3) is 11.4 Å². The Balaban J connectivity index is 2.45. The molecule has 1 aromatic carbocycles. The number of esters is 1. The lowest BCUT2D eigenvalue weighted by Crippen LogP contribution is -2.21. The Kier molecular flexibility index (Phi) is 7.31. The van der Waals surface area contributed by atoms with Gasteiger partial charge in [0, 0.05) is 11.8 Å². The van der Waals surface area contributed by atoms with Gasteiger partial charge in [0.25, 0.3) is 0 Å². The average Bonchev–Trinajstić information content (AvgIpc) is 3.14. The minimum atomic E-state index is -4.80. The van der Waals surface area contributed by atoms with Crippen LogP contribution < -0.4 is 5.73 Å². The summed E-state index contributed by atoms with van der Waals surface area (Å²) in [6.07, 6.45) is -3.21. The van der Waals surface area contributed by atoms with Gasteiger partial charge in [0.2, 0.25) is 0 Å². The number of carbonyl (C=O) groups excluding carboxylic acids is 1. The molecule has 30 heavy (non-hydrogen) atoms. The van der Waals surface area contributed by atoms with E-state index in [0.717, 1.165) is 17.8 Å². The summed E-state index contributed by atoms with van der Waals surface area (Å²) in [6, 6.07) is 5.78. The minimum Gasteiger partial charge on any atom is -0.465 e. The number of allylic oxidation sites excluding steroid dienone is 2. The van der Waals surface area contributed by atoms with E-state index in [1.165, 1.54) is 18.2 Å². The van der Waals surface area contributed by atoms with Crippen molar-refractivity contribution in [3.63, 3.8) is 0 Å². The van der Waals surface area contributed by atoms with E-state index >= 15 is 0 Å². The fraction of sp³-hybridized carbons (Fsp3) is 0.294. The van der Waals surface area contributed by atoms with Crippen molar-refractivity contribution in [1.29, 1.82) is 0 Å². The van der Waals surface area contributed by atoms with E-state index in [1.54, 1.807) is 13.0 Å². The number of alkyl halides is 3. The number of nitrogens with two attached hydrogens (primary N) is 1. The molecule has 8 nitrogen and oxygen atoms in total. The molecule has 2 N–H and O–H groups in total. The molecule has 0 saturated carbocycles. The molecule has 0 unspecified atom stereocenters. The van der Waals surface area contributed by atoms with Crippen molar-refractivity contribution in [1.82, 2.24) is 9.36 Å². The van der Waals surface area contributed by atoms with Crippen LogP contribution in [0, 0.1) is 0 Å². The van der Waals surface area contributed by atoms with Crippen molar-refractivity contribution in [3.05, 3.63) is 41.0 Å². The number of aromatic nitrogens is 2. The van der Waals surface area contributed by atoms with Gasteiger partial charge in [-0.2, -0.15) is 17.5 Å². The molecule has 0 spiro atoms. The fourth-order valence-corrected chi connectivity index (χ4v) is 3.40. The van der Waals surface area contributed by atoms with Crippen molar-refractivity contribution in [2.75, 3.05) is 19.4 Å². The van der Waals surface area contributed by atoms with E-state index in [1.807, 2.05) is 0 Å². The lowest BCUT2D eigenvalue weighted by molar-refractivity contribution is -0.141. The fourth-order valence-electron chi connectivity index (χ4n) is 2.07. The highest BCUT2D eigenvalue weighted by molar-refractivity contribution is 7.90. The molecule has 13 heteroatoms. The van der Waals surface area contributed by atoms with Crippen LogP contribution in [0.15, 0.2) is 45.9 Å². The predicted molar refractivity (Wildman–Crippen MR) is 105 cm³/mol. The number of ether oxygens (including phenoxy) is 1. The Labute approximate surface area is 174 Å². The van der Waals surface area contributed by atoms with Crippen LogP contribution in [-0.2, 0) is 19.4 Å². The molecule has 0 amide bonds. The van der Waals surface area contributed by atoms with E-state index in [-0.39, 0.29) is 28.0 Å². The third-order valence-electron chi connectivity index (χ3n) is 3.47. The lowest BCUT2D eigenvalue weighted by atomic mass is 10.2. The maximum atomic E-state index is 12.8. The number of carbonyl (C=O) groups is 1. The normalized spacial score (nSPS) is 13.4. The first-order valence-corrected chi connectivity index (χ1v) is 11.0. The van der Waals surface area contributed by atoms with Crippen LogP contribution in [-0.4, -0.2) is 55.0 Å². The maximum absolute atomic E-state index is 12.8. The van der Waals surface area contributed by atoms with Gasteiger partial charge in [0.15, 0.2) is 20.7 Å². The molecular weight excluding hydrogens is 445 g/mol. The van der Waals surface area contributed by atoms with Crippen LogP contribution in [0.2, 0.25) is 0 Å². The van der Waals surface area contributed by atoms with E-state index in [0.29, 0.717) is 11.6 Å². The van der Waals surface area contributed by atoms with Crippen molar-refractivity contribution >= 4 is 33.1 Å². The van der Waals surface area contributed by atoms with Crippen molar-refractivity contribution in [2.24, 2.45) is 10.7 Å². The van der Waals surface area contributed by atoms with Crippen LogP contribution >= 0.6 is 11.5 Å². The SMILES string of the molecule is CCOC(=O)CN=C(/C=C(\N)C(F)(F)F)c1nc(-c2cccc(S(C)(=O)=O)c2)ns1. The lowest BCUT2D eigenvalue weighted by Gasteiger charge is -2.06. The molecule has 0 aliphatic rings. The number of hydrogen-bond donors (Lipinski definition) is 1.